The first-order chi connectivity index (χ1) is 7.15. The Morgan fingerprint density at radius 1 is 1.27 bits per heavy atom. The maximum absolute atomic E-state index is 6.37. The average molecular weight is 230 g/mol. The van der Waals surface area contributed by atoms with E-state index in [0.717, 1.165) is 26.4 Å². The molecule has 2 atom stereocenters. The third kappa shape index (κ3) is 2.28. The summed E-state index contributed by atoms with van der Waals surface area (Å²) in [6, 6.07) is 1.19. The van der Waals surface area contributed by atoms with Gasteiger partial charge in [-0.05, 0) is 19.5 Å². The second-order valence-corrected chi connectivity index (χ2v) is 9.41. The largest absolute Gasteiger partial charge is 0.414 e. The van der Waals surface area contributed by atoms with Crippen LogP contribution in [0, 0.1) is 5.92 Å². The van der Waals surface area contributed by atoms with Gasteiger partial charge in [0.1, 0.15) is 0 Å². The SMILES string of the molecule is CC[Si](C)(OC(C)C1COC1)C1COC1. The molecule has 0 aliphatic carbocycles. The quantitative estimate of drug-likeness (QED) is 0.676. The fraction of sp³-hybridized carbons (Fsp3) is 1.00. The summed E-state index contributed by atoms with van der Waals surface area (Å²) in [5, 5.41) is 0. The van der Waals surface area contributed by atoms with E-state index < -0.39 is 8.32 Å². The maximum atomic E-state index is 6.37. The van der Waals surface area contributed by atoms with Gasteiger partial charge in [-0.3, -0.25) is 0 Å². The zero-order chi connectivity index (χ0) is 10.9. The minimum Gasteiger partial charge on any atom is -0.414 e. The zero-order valence-corrected chi connectivity index (χ0v) is 11.0. The van der Waals surface area contributed by atoms with Crippen molar-refractivity contribution in [1.82, 2.24) is 0 Å². The van der Waals surface area contributed by atoms with Crippen molar-refractivity contribution in [3.63, 3.8) is 0 Å². The fourth-order valence-electron chi connectivity index (χ4n) is 2.10. The molecule has 0 amide bonds. The molecule has 0 aromatic heterocycles. The summed E-state index contributed by atoms with van der Waals surface area (Å²) in [5.41, 5.74) is 0.714. The van der Waals surface area contributed by atoms with Crippen molar-refractivity contribution >= 4 is 8.32 Å². The molecule has 0 aromatic carbocycles. The summed E-state index contributed by atoms with van der Waals surface area (Å²) in [7, 11) is -1.53. The van der Waals surface area contributed by atoms with Crippen LogP contribution in [0.1, 0.15) is 13.8 Å². The predicted octanol–water partition coefficient (Wildman–Crippen LogP) is 2.03. The molecular weight excluding hydrogens is 208 g/mol. The first kappa shape index (κ1) is 11.6. The Balaban J connectivity index is 1.87. The highest BCUT2D eigenvalue weighted by Gasteiger charge is 2.44. The molecule has 2 saturated heterocycles. The van der Waals surface area contributed by atoms with Gasteiger partial charge in [0.05, 0.1) is 26.4 Å². The zero-order valence-electron chi connectivity index (χ0n) is 9.99. The van der Waals surface area contributed by atoms with Crippen molar-refractivity contribution in [3.05, 3.63) is 0 Å². The molecule has 0 bridgehead atoms. The van der Waals surface area contributed by atoms with Gasteiger partial charge in [-0.25, -0.2) is 0 Å². The van der Waals surface area contributed by atoms with Gasteiger partial charge in [0.25, 0.3) is 0 Å². The van der Waals surface area contributed by atoms with Crippen molar-refractivity contribution in [2.75, 3.05) is 26.4 Å². The number of hydrogen-bond donors (Lipinski definition) is 0. The van der Waals surface area contributed by atoms with Crippen LogP contribution in [0.25, 0.3) is 0 Å². The molecule has 0 radical (unpaired) electrons. The fourth-order valence-corrected chi connectivity index (χ4v) is 5.02. The Morgan fingerprint density at radius 2 is 1.87 bits per heavy atom. The molecule has 0 N–H and O–H groups in total. The standard InChI is InChI=1S/C11H22O3Si/c1-4-15(3,11-7-13-8-11)14-9(2)10-5-12-6-10/h9-11H,4-8H2,1-3H3. The van der Waals surface area contributed by atoms with Crippen LogP contribution in [-0.2, 0) is 13.9 Å². The molecule has 0 spiro atoms. The van der Waals surface area contributed by atoms with Crippen LogP contribution in [0.4, 0.5) is 0 Å². The summed E-state index contributed by atoms with van der Waals surface area (Å²) in [6.45, 7) is 10.4. The number of ether oxygens (including phenoxy) is 2. The van der Waals surface area contributed by atoms with Crippen LogP contribution >= 0.6 is 0 Å². The van der Waals surface area contributed by atoms with Crippen LogP contribution in [0.3, 0.4) is 0 Å². The Morgan fingerprint density at radius 3 is 2.20 bits per heavy atom. The van der Waals surface area contributed by atoms with Gasteiger partial charge in [-0.2, -0.15) is 0 Å². The highest BCUT2D eigenvalue weighted by molar-refractivity contribution is 6.74. The van der Waals surface area contributed by atoms with Gasteiger partial charge >= 0.3 is 0 Å². The van der Waals surface area contributed by atoms with Crippen molar-refractivity contribution in [2.24, 2.45) is 5.92 Å². The van der Waals surface area contributed by atoms with Crippen molar-refractivity contribution in [3.8, 4) is 0 Å². The summed E-state index contributed by atoms with van der Waals surface area (Å²) < 4.78 is 16.9. The minimum absolute atomic E-state index is 0.371. The molecule has 2 fully saturated rings. The second-order valence-electron chi connectivity index (χ2n) is 5.02. The van der Waals surface area contributed by atoms with E-state index in [9.17, 15) is 0 Å². The lowest BCUT2D eigenvalue weighted by Crippen LogP contribution is -2.52. The highest BCUT2D eigenvalue weighted by atomic mass is 28.4. The monoisotopic (exact) mass is 230 g/mol. The van der Waals surface area contributed by atoms with Crippen LogP contribution in [0.5, 0.6) is 0 Å². The van der Waals surface area contributed by atoms with Crippen molar-refractivity contribution in [2.45, 2.75) is 38.1 Å². The van der Waals surface area contributed by atoms with Crippen LogP contribution in [0.2, 0.25) is 18.1 Å². The molecule has 15 heavy (non-hydrogen) atoms. The first-order valence-corrected chi connectivity index (χ1v) is 8.68. The van der Waals surface area contributed by atoms with Crippen LogP contribution in [0.15, 0.2) is 0 Å². The van der Waals surface area contributed by atoms with Gasteiger partial charge in [-0.1, -0.05) is 6.92 Å². The molecule has 3 nitrogen and oxygen atoms in total. The molecule has 2 rings (SSSR count). The Kier molecular flexibility index (Phi) is 3.50. The Labute approximate surface area is 93.2 Å². The Bertz CT molecular complexity index is 216. The third-order valence-electron chi connectivity index (χ3n) is 3.99. The van der Waals surface area contributed by atoms with Crippen LogP contribution in [-0.4, -0.2) is 40.8 Å². The number of hydrogen-bond acceptors (Lipinski definition) is 3. The molecule has 0 saturated carbocycles. The first-order valence-electron chi connectivity index (χ1n) is 5.99. The lowest BCUT2D eigenvalue weighted by Gasteiger charge is -2.44. The minimum atomic E-state index is -1.53. The van der Waals surface area contributed by atoms with Gasteiger partial charge in [0.15, 0.2) is 8.32 Å². The summed E-state index contributed by atoms with van der Waals surface area (Å²) in [5.74, 6) is 0.629. The van der Waals surface area contributed by atoms with E-state index in [4.69, 9.17) is 13.9 Å². The number of rotatable bonds is 5. The van der Waals surface area contributed by atoms with Gasteiger partial charge < -0.3 is 13.9 Å². The highest BCUT2D eigenvalue weighted by Crippen LogP contribution is 2.35. The lowest BCUT2D eigenvalue weighted by molar-refractivity contribution is -0.0832. The summed E-state index contributed by atoms with van der Waals surface area (Å²) in [6.07, 6.45) is 0.371. The van der Waals surface area contributed by atoms with Gasteiger partial charge in [0.2, 0.25) is 0 Å². The topological polar surface area (TPSA) is 27.7 Å². The normalized spacial score (nSPS) is 29.0. The molecule has 2 unspecified atom stereocenters. The van der Waals surface area contributed by atoms with Gasteiger partial charge in [-0.15, -0.1) is 0 Å². The summed E-state index contributed by atoms with van der Waals surface area (Å²) in [4.78, 5) is 0. The molecule has 0 aromatic rings. The molecule has 4 heteroatoms. The molecule has 2 aliphatic rings. The molecule has 2 heterocycles. The van der Waals surface area contributed by atoms with E-state index in [1.54, 1.807) is 0 Å². The van der Waals surface area contributed by atoms with E-state index >= 15 is 0 Å². The second kappa shape index (κ2) is 4.53. The Hall–Kier alpha value is 0.0969. The van der Waals surface area contributed by atoms with E-state index in [-0.39, 0.29) is 0 Å². The molecule has 2 aliphatic heterocycles. The van der Waals surface area contributed by atoms with E-state index in [1.807, 2.05) is 0 Å². The van der Waals surface area contributed by atoms with Crippen molar-refractivity contribution < 1.29 is 13.9 Å². The van der Waals surface area contributed by atoms with E-state index in [2.05, 4.69) is 20.4 Å². The van der Waals surface area contributed by atoms with E-state index in [1.165, 1.54) is 6.04 Å². The lowest BCUT2D eigenvalue weighted by atomic mass is 10.0. The maximum Gasteiger partial charge on any atom is 0.197 e. The molecule has 88 valence electrons. The predicted molar refractivity (Wildman–Crippen MR) is 61.5 cm³/mol. The van der Waals surface area contributed by atoms with Crippen molar-refractivity contribution in [1.29, 1.82) is 0 Å². The third-order valence-corrected chi connectivity index (χ3v) is 8.36. The average Bonchev–Trinajstić information content (AvgIpc) is 1.96. The van der Waals surface area contributed by atoms with Gasteiger partial charge in [0, 0.05) is 17.6 Å². The van der Waals surface area contributed by atoms with E-state index in [0.29, 0.717) is 17.6 Å². The smallest absolute Gasteiger partial charge is 0.197 e. The van der Waals surface area contributed by atoms with Crippen LogP contribution < -0.4 is 0 Å². The molecular formula is C11H22O3Si. The summed E-state index contributed by atoms with van der Waals surface area (Å²) >= 11 is 0.